The van der Waals surface area contributed by atoms with E-state index in [1.807, 2.05) is 30.3 Å². The zero-order chi connectivity index (χ0) is 12.2. The Bertz CT molecular complexity index is 276. The summed E-state index contributed by atoms with van der Waals surface area (Å²) in [7, 11) is 0. The van der Waals surface area contributed by atoms with Crippen LogP contribution in [0.5, 0.6) is 0 Å². The highest BCUT2D eigenvalue weighted by Crippen LogP contribution is 2.12. The molecule has 0 heterocycles. The summed E-state index contributed by atoms with van der Waals surface area (Å²) >= 11 is 6.38. The molecule has 0 aromatic heterocycles. The molecule has 3 nitrogen and oxygen atoms in total. The Morgan fingerprint density at radius 2 is 1.62 bits per heavy atom. The van der Waals surface area contributed by atoms with Gasteiger partial charge in [-0.25, -0.2) is 0 Å². The van der Waals surface area contributed by atoms with Gasteiger partial charge in [0.1, 0.15) is 0 Å². The second-order valence-corrected chi connectivity index (χ2v) is 4.57. The van der Waals surface area contributed by atoms with Crippen molar-refractivity contribution >= 4 is 28.2 Å². The van der Waals surface area contributed by atoms with E-state index in [-0.39, 0.29) is 19.8 Å². The number of benzene rings is 1. The standard InChI is InChI=1S/C9H10OS2.C2H6O2/c10-6-9(11)12-7-8-4-2-1-3-5-8;3-1-2-4/h1-5,10H,6-7H2;3-4H,1-2H2. The number of hydrogen-bond acceptors (Lipinski definition) is 5. The van der Waals surface area contributed by atoms with Gasteiger partial charge in [0.15, 0.2) is 0 Å². The zero-order valence-corrected chi connectivity index (χ0v) is 10.5. The van der Waals surface area contributed by atoms with Crippen LogP contribution < -0.4 is 0 Å². The van der Waals surface area contributed by atoms with E-state index in [9.17, 15) is 0 Å². The lowest BCUT2D eigenvalue weighted by atomic mass is 10.2. The summed E-state index contributed by atoms with van der Waals surface area (Å²) in [6, 6.07) is 10.1. The van der Waals surface area contributed by atoms with Crippen LogP contribution in [-0.2, 0) is 5.75 Å². The Morgan fingerprint density at radius 1 is 1.06 bits per heavy atom. The van der Waals surface area contributed by atoms with E-state index in [0.717, 1.165) is 5.75 Å². The van der Waals surface area contributed by atoms with Crippen molar-refractivity contribution in [2.75, 3.05) is 19.8 Å². The second kappa shape index (κ2) is 11.0. The van der Waals surface area contributed by atoms with Gasteiger partial charge in [-0.05, 0) is 5.56 Å². The third-order valence-electron chi connectivity index (χ3n) is 1.47. The molecule has 0 saturated heterocycles. The molecule has 16 heavy (non-hydrogen) atoms. The van der Waals surface area contributed by atoms with Crippen molar-refractivity contribution in [3.63, 3.8) is 0 Å². The topological polar surface area (TPSA) is 60.7 Å². The van der Waals surface area contributed by atoms with Gasteiger partial charge in [-0.15, -0.1) is 11.8 Å². The highest BCUT2D eigenvalue weighted by Gasteiger charge is 1.95. The fourth-order valence-corrected chi connectivity index (χ4v) is 1.57. The largest absolute Gasteiger partial charge is 0.394 e. The molecule has 1 rings (SSSR count). The van der Waals surface area contributed by atoms with Gasteiger partial charge in [-0.2, -0.15) is 0 Å². The summed E-state index contributed by atoms with van der Waals surface area (Å²) in [6.07, 6.45) is 0. The lowest BCUT2D eigenvalue weighted by Gasteiger charge is -1.99. The maximum atomic E-state index is 8.65. The first-order chi connectivity index (χ1) is 7.74. The molecule has 0 bridgehead atoms. The Morgan fingerprint density at radius 3 is 2.06 bits per heavy atom. The molecule has 5 heteroatoms. The van der Waals surface area contributed by atoms with Crippen molar-refractivity contribution in [1.29, 1.82) is 0 Å². The van der Waals surface area contributed by atoms with Crippen molar-refractivity contribution in [1.82, 2.24) is 0 Å². The van der Waals surface area contributed by atoms with E-state index < -0.39 is 0 Å². The molecule has 3 N–H and O–H groups in total. The Hall–Kier alpha value is -0.460. The molecule has 0 aliphatic rings. The molecule has 0 amide bonds. The van der Waals surface area contributed by atoms with Crippen LogP contribution in [0.3, 0.4) is 0 Å². The average molecular weight is 260 g/mol. The molecule has 0 unspecified atom stereocenters. The predicted molar refractivity (Wildman–Crippen MR) is 71.6 cm³/mol. The minimum atomic E-state index is -0.125. The molecule has 90 valence electrons. The highest BCUT2D eigenvalue weighted by atomic mass is 32.2. The summed E-state index contributed by atoms with van der Waals surface area (Å²) in [4.78, 5) is 0. The van der Waals surface area contributed by atoms with Crippen LogP contribution in [-0.4, -0.2) is 39.3 Å². The molecule has 0 saturated carbocycles. The third-order valence-corrected chi connectivity index (χ3v) is 2.88. The zero-order valence-electron chi connectivity index (χ0n) is 8.87. The number of rotatable bonds is 4. The fourth-order valence-electron chi connectivity index (χ4n) is 0.784. The SMILES string of the molecule is OCC(=S)SCc1ccccc1.OCCO. The first-order valence-corrected chi connectivity index (χ1v) is 6.16. The van der Waals surface area contributed by atoms with Gasteiger partial charge in [-0.3, -0.25) is 0 Å². The van der Waals surface area contributed by atoms with Crippen LogP contribution in [0.2, 0.25) is 0 Å². The van der Waals surface area contributed by atoms with Gasteiger partial charge in [0.2, 0.25) is 0 Å². The van der Waals surface area contributed by atoms with Gasteiger partial charge in [0.25, 0.3) is 0 Å². The van der Waals surface area contributed by atoms with Gasteiger partial charge < -0.3 is 15.3 Å². The number of hydrogen-bond donors (Lipinski definition) is 3. The van der Waals surface area contributed by atoms with E-state index in [1.54, 1.807) is 0 Å². The molecular weight excluding hydrogens is 244 g/mol. The van der Waals surface area contributed by atoms with Crippen LogP contribution >= 0.6 is 24.0 Å². The molecule has 0 fully saturated rings. The minimum absolute atomic E-state index is 0.00711. The highest BCUT2D eigenvalue weighted by molar-refractivity contribution is 8.22. The minimum Gasteiger partial charge on any atom is -0.394 e. The van der Waals surface area contributed by atoms with Crippen LogP contribution in [0, 0.1) is 0 Å². The Kier molecular flexibility index (Phi) is 10.7. The molecule has 0 atom stereocenters. The van der Waals surface area contributed by atoms with Crippen molar-refractivity contribution in [3.05, 3.63) is 35.9 Å². The summed E-state index contributed by atoms with van der Waals surface area (Å²) in [5.41, 5.74) is 1.23. The number of aliphatic hydroxyl groups is 3. The van der Waals surface area contributed by atoms with Crippen LogP contribution in [0.25, 0.3) is 0 Å². The van der Waals surface area contributed by atoms with Gasteiger partial charge in [-0.1, -0.05) is 42.5 Å². The third kappa shape index (κ3) is 8.82. The molecule has 1 aromatic rings. The second-order valence-electron chi connectivity index (χ2n) is 2.75. The van der Waals surface area contributed by atoms with E-state index in [1.165, 1.54) is 17.3 Å². The van der Waals surface area contributed by atoms with E-state index in [0.29, 0.717) is 4.20 Å². The molecule has 0 aliphatic heterocycles. The van der Waals surface area contributed by atoms with Gasteiger partial charge >= 0.3 is 0 Å². The Labute approximate surface area is 105 Å². The molecule has 0 aliphatic carbocycles. The monoisotopic (exact) mass is 260 g/mol. The van der Waals surface area contributed by atoms with Crippen molar-refractivity contribution in [2.45, 2.75) is 5.75 Å². The summed E-state index contributed by atoms with van der Waals surface area (Å²) in [5.74, 6) is 0.847. The number of thioether (sulfide) groups is 1. The van der Waals surface area contributed by atoms with Crippen LogP contribution in [0.4, 0.5) is 0 Å². The Balaban J connectivity index is 0.000000487. The van der Waals surface area contributed by atoms with Gasteiger partial charge in [0.05, 0.1) is 24.0 Å². The van der Waals surface area contributed by atoms with Crippen molar-refractivity contribution in [3.8, 4) is 0 Å². The lowest BCUT2D eigenvalue weighted by Crippen LogP contribution is -1.94. The van der Waals surface area contributed by atoms with E-state index in [4.69, 9.17) is 27.5 Å². The van der Waals surface area contributed by atoms with Gasteiger partial charge in [0, 0.05) is 5.75 Å². The number of thiocarbonyl (C=S) groups is 1. The lowest BCUT2D eigenvalue weighted by molar-refractivity contribution is 0.186. The molecule has 1 aromatic carbocycles. The number of aliphatic hydroxyl groups excluding tert-OH is 3. The fraction of sp³-hybridized carbons (Fsp3) is 0.364. The average Bonchev–Trinajstić information content (AvgIpc) is 2.37. The smallest absolute Gasteiger partial charge is 0.0843 e. The predicted octanol–water partition coefficient (Wildman–Crippen LogP) is 1.21. The maximum absolute atomic E-state index is 8.65. The quantitative estimate of drug-likeness (QED) is 0.710. The first kappa shape index (κ1) is 15.5. The van der Waals surface area contributed by atoms with Crippen LogP contribution in [0.1, 0.15) is 5.56 Å². The molecule has 0 spiro atoms. The van der Waals surface area contributed by atoms with E-state index in [2.05, 4.69) is 0 Å². The summed E-state index contributed by atoms with van der Waals surface area (Å²) < 4.78 is 0.652. The summed E-state index contributed by atoms with van der Waals surface area (Å²) in [6.45, 7) is -0.257. The maximum Gasteiger partial charge on any atom is 0.0843 e. The molecule has 0 radical (unpaired) electrons. The van der Waals surface area contributed by atoms with E-state index >= 15 is 0 Å². The van der Waals surface area contributed by atoms with Crippen molar-refractivity contribution < 1.29 is 15.3 Å². The molecular formula is C11H16O3S2. The van der Waals surface area contributed by atoms with Crippen LogP contribution in [0.15, 0.2) is 30.3 Å². The first-order valence-electron chi connectivity index (χ1n) is 4.76. The normalized spacial score (nSPS) is 9.19. The summed E-state index contributed by atoms with van der Waals surface area (Å²) in [5, 5.41) is 23.9. The van der Waals surface area contributed by atoms with Crippen molar-refractivity contribution in [2.24, 2.45) is 0 Å².